The fraction of sp³-hybridized carbons (Fsp3) is 0.615. The average molecular weight is 267 g/mol. The van der Waals surface area contributed by atoms with E-state index in [-0.39, 0.29) is 12.6 Å². The van der Waals surface area contributed by atoms with Gasteiger partial charge in [0.15, 0.2) is 0 Å². The van der Waals surface area contributed by atoms with E-state index in [1.54, 1.807) is 11.0 Å². The normalized spacial score (nSPS) is 10.8. The lowest BCUT2D eigenvalue weighted by molar-refractivity contribution is -0.135. The molecule has 1 rings (SSSR count). The maximum atomic E-state index is 10.9. The molecule has 19 heavy (non-hydrogen) atoms. The molecule has 1 aromatic heterocycles. The number of ether oxygens (including phenoxy) is 1. The summed E-state index contributed by atoms with van der Waals surface area (Å²) in [6.45, 7) is 8.40. The van der Waals surface area contributed by atoms with Gasteiger partial charge in [-0.2, -0.15) is 0 Å². The predicted molar refractivity (Wildman–Crippen MR) is 72.5 cm³/mol. The Bertz CT molecular complexity index is 421. The number of carbonyl (C=O) groups is 1. The monoisotopic (exact) mass is 267 g/mol. The topological polar surface area (TPSA) is 75.6 Å². The van der Waals surface area contributed by atoms with E-state index in [1.807, 2.05) is 27.7 Å². The van der Waals surface area contributed by atoms with Crippen LogP contribution in [-0.2, 0) is 4.79 Å². The summed E-state index contributed by atoms with van der Waals surface area (Å²) in [5, 5.41) is 8.96. The lowest BCUT2D eigenvalue weighted by Gasteiger charge is -2.23. The summed E-state index contributed by atoms with van der Waals surface area (Å²) in [5.41, 5.74) is 0. The lowest BCUT2D eigenvalue weighted by atomic mass is 10.2. The van der Waals surface area contributed by atoms with Crippen LogP contribution in [0.1, 0.15) is 27.7 Å². The number of hydrogen-bond donors (Lipinski definition) is 1. The summed E-state index contributed by atoms with van der Waals surface area (Å²) >= 11 is 0. The van der Waals surface area contributed by atoms with Crippen molar-refractivity contribution in [3.63, 3.8) is 0 Å². The number of anilines is 1. The molecule has 0 unspecified atom stereocenters. The molecule has 0 radical (unpaired) electrons. The number of carboxylic acids is 1. The maximum absolute atomic E-state index is 10.9. The van der Waals surface area contributed by atoms with Crippen molar-refractivity contribution in [1.29, 1.82) is 0 Å². The third kappa shape index (κ3) is 5.54. The third-order valence-corrected chi connectivity index (χ3v) is 2.22. The van der Waals surface area contributed by atoms with Crippen LogP contribution < -0.4 is 9.64 Å². The van der Waals surface area contributed by atoms with Gasteiger partial charge < -0.3 is 14.7 Å². The summed E-state index contributed by atoms with van der Waals surface area (Å²) in [6.07, 6.45) is 1.41. The van der Waals surface area contributed by atoms with E-state index in [1.165, 1.54) is 6.33 Å². The Morgan fingerprint density at radius 3 is 2.58 bits per heavy atom. The van der Waals surface area contributed by atoms with Gasteiger partial charge in [-0.15, -0.1) is 0 Å². The quantitative estimate of drug-likeness (QED) is 0.812. The Morgan fingerprint density at radius 1 is 1.37 bits per heavy atom. The molecule has 0 spiro atoms. The van der Waals surface area contributed by atoms with Crippen LogP contribution in [0.4, 0.5) is 5.82 Å². The van der Waals surface area contributed by atoms with E-state index in [2.05, 4.69) is 9.97 Å². The van der Waals surface area contributed by atoms with Crippen molar-refractivity contribution in [3.8, 4) is 5.88 Å². The molecule has 6 nitrogen and oxygen atoms in total. The van der Waals surface area contributed by atoms with Gasteiger partial charge in [-0.1, -0.05) is 13.8 Å². The molecule has 1 N–H and O–H groups in total. The first-order valence-corrected chi connectivity index (χ1v) is 6.34. The van der Waals surface area contributed by atoms with Gasteiger partial charge in [-0.3, -0.25) is 4.79 Å². The van der Waals surface area contributed by atoms with Crippen molar-refractivity contribution >= 4 is 11.8 Å². The highest BCUT2D eigenvalue weighted by Crippen LogP contribution is 2.17. The highest BCUT2D eigenvalue weighted by Gasteiger charge is 2.15. The summed E-state index contributed by atoms with van der Waals surface area (Å²) in [7, 11) is 0. The first-order chi connectivity index (χ1) is 8.88. The van der Waals surface area contributed by atoms with E-state index >= 15 is 0 Å². The largest absolute Gasteiger partial charge is 0.480 e. The SMILES string of the molecule is CC(C)CN(CC(=O)O)c1cc(OC(C)C)ncn1. The van der Waals surface area contributed by atoms with Crippen molar-refractivity contribution in [2.45, 2.75) is 33.8 Å². The van der Waals surface area contributed by atoms with E-state index in [9.17, 15) is 4.79 Å². The average Bonchev–Trinajstić information content (AvgIpc) is 2.26. The molecular weight excluding hydrogens is 246 g/mol. The van der Waals surface area contributed by atoms with Crippen molar-refractivity contribution in [2.75, 3.05) is 18.0 Å². The molecule has 0 aliphatic rings. The number of nitrogens with zero attached hydrogens (tertiary/aromatic N) is 3. The number of carboxylic acid groups (broad SMARTS) is 1. The second kappa shape index (κ2) is 6.92. The molecule has 0 saturated heterocycles. The molecule has 106 valence electrons. The molecule has 0 aromatic carbocycles. The maximum Gasteiger partial charge on any atom is 0.323 e. The van der Waals surface area contributed by atoms with Crippen LogP contribution in [0.2, 0.25) is 0 Å². The summed E-state index contributed by atoms with van der Waals surface area (Å²) in [6, 6.07) is 1.67. The number of hydrogen-bond acceptors (Lipinski definition) is 5. The Labute approximate surface area is 113 Å². The van der Waals surface area contributed by atoms with Gasteiger partial charge in [0.1, 0.15) is 18.7 Å². The van der Waals surface area contributed by atoms with Crippen LogP contribution in [0.5, 0.6) is 5.88 Å². The highest BCUT2D eigenvalue weighted by molar-refractivity contribution is 5.73. The van der Waals surface area contributed by atoms with Crippen LogP contribution in [0.3, 0.4) is 0 Å². The second-order valence-corrected chi connectivity index (χ2v) is 5.05. The minimum Gasteiger partial charge on any atom is -0.480 e. The van der Waals surface area contributed by atoms with Gasteiger partial charge >= 0.3 is 5.97 Å². The molecule has 0 bridgehead atoms. The zero-order chi connectivity index (χ0) is 14.4. The van der Waals surface area contributed by atoms with E-state index in [4.69, 9.17) is 9.84 Å². The Kier molecular flexibility index (Phi) is 5.54. The summed E-state index contributed by atoms with van der Waals surface area (Å²) in [5.74, 6) is 0.482. The Morgan fingerprint density at radius 2 is 2.05 bits per heavy atom. The van der Waals surface area contributed by atoms with Crippen molar-refractivity contribution in [3.05, 3.63) is 12.4 Å². The van der Waals surface area contributed by atoms with Crippen LogP contribution >= 0.6 is 0 Å². The van der Waals surface area contributed by atoms with E-state index in [0.29, 0.717) is 24.2 Å². The Balaban J connectivity index is 2.90. The molecular formula is C13H21N3O3. The first kappa shape index (κ1) is 15.2. The number of aliphatic carboxylic acids is 1. The zero-order valence-electron chi connectivity index (χ0n) is 11.8. The van der Waals surface area contributed by atoms with Gasteiger partial charge in [0.2, 0.25) is 5.88 Å². The summed E-state index contributed by atoms with van der Waals surface area (Å²) < 4.78 is 5.49. The van der Waals surface area contributed by atoms with Crippen LogP contribution in [0.15, 0.2) is 12.4 Å². The van der Waals surface area contributed by atoms with E-state index in [0.717, 1.165) is 0 Å². The predicted octanol–water partition coefficient (Wildman–Crippen LogP) is 1.81. The summed E-state index contributed by atoms with van der Waals surface area (Å²) in [4.78, 5) is 20.8. The first-order valence-electron chi connectivity index (χ1n) is 6.34. The van der Waals surface area contributed by atoms with Gasteiger partial charge in [-0.05, 0) is 19.8 Å². The smallest absolute Gasteiger partial charge is 0.323 e. The molecule has 0 fully saturated rings. The molecule has 0 aliphatic heterocycles. The van der Waals surface area contributed by atoms with Crippen LogP contribution in [-0.4, -0.2) is 40.2 Å². The minimum absolute atomic E-state index is 0.0146. The minimum atomic E-state index is -0.884. The van der Waals surface area contributed by atoms with Gasteiger partial charge in [0.05, 0.1) is 6.10 Å². The molecule has 6 heteroatoms. The molecule has 0 amide bonds. The number of rotatable bonds is 7. The van der Waals surface area contributed by atoms with Gasteiger partial charge in [0.25, 0.3) is 0 Å². The van der Waals surface area contributed by atoms with Crippen LogP contribution in [0, 0.1) is 5.92 Å². The fourth-order valence-corrected chi connectivity index (χ4v) is 1.65. The molecule has 0 atom stereocenters. The number of aromatic nitrogens is 2. The van der Waals surface area contributed by atoms with Crippen molar-refractivity contribution in [1.82, 2.24) is 9.97 Å². The van der Waals surface area contributed by atoms with Crippen LogP contribution in [0.25, 0.3) is 0 Å². The van der Waals surface area contributed by atoms with Gasteiger partial charge in [0, 0.05) is 12.6 Å². The Hall–Kier alpha value is -1.85. The molecule has 0 aliphatic carbocycles. The van der Waals surface area contributed by atoms with Gasteiger partial charge in [-0.25, -0.2) is 9.97 Å². The molecule has 1 aromatic rings. The van der Waals surface area contributed by atoms with Crippen molar-refractivity contribution < 1.29 is 14.6 Å². The molecule has 0 saturated carbocycles. The third-order valence-electron chi connectivity index (χ3n) is 2.22. The highest BCUT2D eigenvalue weighted by atomic mass is 16.5. The van der Waals surface area contributed by atoms with E-state index < -0.39 is 5.97 Å². The standard InChI is InChI=1S/C13H21N3O3/c1-9(2)6-16(7-13(17)18)11-5-12(15-8-14-11)19-10(3)4/h5,8-10H,6-7H2,1-4H3,(H,17,18). The zero-order valence-corrected chi connectivity index (χ0v) is 11.8. The van der Waals surface area contributed by atoms with Crippen molar-refractivity contribution in [2.24, 2.45) is 5.92 Å². The molecule has 1 heterocycles. The second-order valence-electron chi connectivity index (χ2n) is 5.05. The lowest BCUT2D eigenvalue weighted by Crippen LogP contribution is -2.33. The fourth-order valence-electron chi connectivity index (χ4n) is 1.65.